The molecule has 2 aromatic heterocycles. The monoisotopic (exact) mass is 386 g/mol. The second kappa shape index (κ2) is 8.25. The van der Waals surface area contributed by atoms with Crippen molar-refractivity contribution < 1.29 is 5.11 Å². The number of nitriles is 1. The summed E-state index contributed by atoms with van der Waals surface area (Å²) in [4.78, 5) is 15.4. The van der Waals surface area contributed by atoms with E-state index >= 15 is 0 Å². The average Bonchev–Trinajstić information content (AvgIpc) is 2.74. The van der Waals surface area contributed by atoms with Gasteiger partial charge in [-0.05, 0) is 50.1 Å². The summed E-state index contributed by atoms with van der Waals surface area (Å²) >= 11 is 0. The summed E-state index contributed by atoms with van der Waals surface area (Å²) in [7, 11) is 0. The first kappa shape index (κ1) is 18.8. The van der Waals surface area contributed by atoms with E-state index in [0.29, 0.717) is 17.2 Å². The van der Waals surface area contributed by atoms with E-state index in [0.717, 1.165) is 48.6 Å². The highest BCUT2D eigenvalue weighted by Gasteiger charge is 2.19. The van der Waals surface area contributed by atoms with Gasteiger partial charge in [-0.3, -0.25) is 4.98 Å². The van der Waals surface area contributed by atoms with Crippen molar-refractivity contribution in [2.45, 2.75) is 25.9 Å². The van der Waals surface area contributed by atoms with Crippen LogP contribution in [-0.2, 0) is 0 Å². The van der Waals surface area contributed by atoms with Gasteiger partial charge >= 0.3 is 0 Å². The molecule has 3 aromatic rings. The smallest absolute Gasteiger partial charge is 0.163 e. The SMILES string of the molecule is Cc1cc(Nc2ccc(N3CCC(O)CC3)c(C#N)c2)nc(-c2cccnc2)n1. The van der Waals surface area contributed by atoms with E-state index in [1.165, 1.54) is 0 Å². The van der Waals surface area contributed by atoms with Crippen molar-refractivity contribution >= 4 is 17.2 Å². The molecule has 1 aliphatic heterocycles. The Morgan fingerprint density at radius 2 is 2.00 bits per heavy atom. The number of nitrogens with one attached hydrogen (secondary N) is 1. The molecular weight excluding hydrogens is 364 g/mol. The van der Waals surface area contributed by atoms with Crippen LogP contribution in [-0.4, -0.2) is 39.3 Å². The summed E-state index contributed by atoms with van der Waals surface area (Å²) in [6.45, 7) is 3.42. The first-order valence-electron chi connectivity index (χ1n) is 9.62. The van der Waals surface area contributed by atoms with E-state index in [9.17, 15) is 10.4 Å². The normalized spacial score (nSPS) is 14.4. The number of aryl methyl sites for hydroxylation is 1. The fraction of sp³-hybridized carbons (Fsp3) is 0.273. The van der Waals surface area contributed by atoms with E-state index in [1.807, 2.05) is 43.3 Å². The number of aliphatic hydroxyl groups is 1. The van der Waals surface area contributed by atoms with Crippen LogP contribution in [0, 0.1) is 18.3 Å². The second-order valence-electron chi connectivity index (χ2n) is 7.15. The van der Waals surface area contributed by atoms with E-state index < -0.39 is 0 Å². The first-order chi connectivity index (χ1) is 14.1. The molecule has 0 bridgehead atoms. The minimum Gasteiger partial charge on any atom is -0.393 e. The van der Waals surface area contributed by atoms with Crippen LogP contribution in [0.4, 0.5) is 17.2 Å². The van der Waals surface area contributed by atoms with Crippen LogP contribution in [0.2, 0.25) is 0 Å². The number of aromatic nitrogens is 3. The molecule has 0 spiro atoms. The number of benzene rings is 1. The summed E-state index contributed by atoms with van der Waals surface area (Å²) in [6, 6.07) is 13.7. The minimum absolute atomic E-state index is 0.243. The molecule has 1 aliphatic rings. The highest BCUT2D eigenvalue weighted by molar-refractivity contribution is 5.69. The second-order valence-corrected chi connectivity index (χ2v) is 7.15. The number of hydrogen-bond acceptors (Lipinski definition) is 7. The van der Waals surface area contributed by atoms with Crippen LogP contribution in [0.15, 0.2) is 48.8 Å². The molecule has 0 atom stereocenters. The standard InChI is InChI=1S/C22H22N6O/c1-15-11-21(27-22(25-15)16-3-2-8-24-14-16)26-18-4-5-20(17(12-18)13-23)28-9-6-19(29)7-10-28/h2-5,8,11-12,14,19,29H,6-7,9-10H2,1H3,(H,25,26,27). The van der Waals surface area contributed by atoms with Gasteiger partial charge in [0.1, 0.15) is 11.9 Å². The summed E-state index contributed by atoms with van der Waals surface area (Å²) in [5.41, 5.74) is 3.98. The van der Waals surface area contributed by atoms with Gasteiger partial charge in [-0.25, -0.2) is 9.97 Å². The Kier molecular flexibility index (Phi) is 5.36. The largest absolute Gasteiger partial charge is 0.393 e. The van der Waals surface area contributed by atoms with Crippen LogP contribution in [0.5, 0.6) is 0 Å². The molecule has 0 saturated carbocycles. The van der Waals surface area contributed by atoms with Gasteiger partial charge in [-0.1, -0.05) is 0 Å². The van der Waals surface area contributed by atoms with Crippen LogP contribution < -0.4 is 10.2 Å². The van der Waals surface area contributed by atoms with Gasteiger partial charge in [-0.15, -0.1) is 0 Å². The van der Waals surface area contributed by atoms with Gasteiger partial charge in [0.05, 0.1) is 17.4 Å². The molecule has 0 amide bonds. The summed E-state index contributed by atoms with van der Waals surface area (Å²) in [6.07, 6.45) is 4.65. The third-order valence-corrected chi connectivity index (χ3v) is 4.97. The zero-order valence-corrected chi connectivity index (χ0v) is 16.2. The maximum Gasteiger partial charge on any atom is 0.163 e. The molecule has 1 fully saturated rings. The Hall–Kier alpha value is -3.50. The van der Waals surface area contributed by atoms with Crippen molar-refractivity contribution in [2.24, 2.45) is 0 Å². The summed E-state index contributed by atoms with van der Waals surface area (Å²) < 4.78 is 0. The lowest BCUT2D eigenvalue weighted by Crippen LogP contribution is -2.36. The third-order valence-electron chi connectivity index (χ3n) is 4.97. The highest BCUT2D eigenvalue weighted by Crippen LogP contribution is 2.28. The Bertz CT molecular complexity index is 1040. The Morgan fingerprint density at radius 1 is 1.17 bits per heavy atom. The molecule has 1 aromatic carbocycles. The molecule has 7 heteroatoms. The molecule has 146 valence electrons. The van der Waals surface area contributed by atoms with Crippen molar-refractivity contribution in [3.05, 3.63) is 60.0 Å². The van der Waals surface area contributed by atoms with Crippen molar-refractivity contribution in [3.63, 3.8) is 0 Å². The van der Waals surface area contributed by atoms with Gasteiger partial charge in [0.25, 0.3) is 0 Å². The van der Waals surface area contributed by atoms with Crippen LogP contribution in [0.3, 0.4) is 0 Å². The minimum atomic E-state index is -0.243. The van der Waals surface area contributed by atoms with Gasteiger partial charge in [0.2, 0.25) is 0 Å². The summed E-state index contributed by atoms with van der Waals surface area (Å²) in [5.74, 6) is 1.26. The van der Waals surface area contributed by atoms with Crippen molar-refractivity contribution in [2.75, 3.05) is 23.3 Å². The molecule has 4 rings (SSSR count). The number of piperidine rings is 1. The highest BCUT2D eigenvalue weighted by atomic mass is 16.3. The van der Waals surface area contributed by atoms with Gasteiger partial charge in [-0.2, -0.15) is 5.26 Å². The van der Waals surface area contributed by atoms with Crippen molar-refractivity contribution in [1.29, 1.82) is 5.26 Å². The Morgan fingerprint density at radius 3 is 2.72 bits per heavy atom. The molecule has 0 aliphatic carbocycles. The lowest BCUT2D eigenvalue weighted by Gasteiger charge is -2.32. The van der Waals surface area contributed by atoms with Crippen molar-refractivity contribution in [1.82, 2.24) is 15.0 Å². The lowest BCUT2D eigenvalue weighted by atomic mass is 10.0. The predicted molar refractivity (Wildman–Crippen MR) is 112 cm³/mol. The maximum absolute atomic E-state index is 9.72. The molecule has 0 radical (unpaired) electrons. The number of anilines is 3. The fourth-order valence-corrected chi connectivity index (χ4v) is 3.49. The van der Waals surface area contributed by atoms with E-state index in [-0.39, 0.29) is 6.10 Å². The fourth-order valence-electron chi connectivity index (χ4n) is 3.49. The molecule has 2 N–H and O–H groups in total. The molecule has 7 nitrogen and oxygen atoms in total. The third kappa shape index (κ3) is 4.33. The molecule has 0 unspecified atom stereocenters. The van der Waals surface area contributed by atoms with Gasteiger partial charge in [0, 0.05) is 48.5 Å². The summed E-state index contributed by atoms with van der Waals surface area (Å²) in [5, 5.41) is 22.6. The molecule has 3 heterocycles. The zero-order chi connectivity index (χ0) is 20.2. The number of nitrogens with zero attached hydrogens (tertiary/aromatic N) is 5. The van der Waals surface area contributed by atoms with E-state index in [4.69, 9.17) is 0 Å². The number of rotatable bonds is 4. The Balaban J connectivity index is 1.59. The van der Waals surface area contributed by atoms with E-state index in [2.05, 4.69) is 31.2 Å². The van der Waals surface area contributed by atoms with Crippen LogP contribution in [0.25, 0.3) is 11.4 Å². The van der Waals surface area contributed by atoms with Gasteiger partial charge < -0.3 is 15.3 Å². The molecule has 29 heavy (non-hydrogen) atoms. The maximum atomic E-state index is 9.72. The zero-order valence-electron chi connectivity index (χ0n) is 16.2. The predicted octanol–water partition coefficient (Wildman–Crippen LogP) is 3.42. The number of hydrogen-bond donors (Lipinski definition) is 2. The van der Waals surface area contributed by atoms with E-state index in [1.54, 1.807) is 12.4 Å². The van der Waals surface area contributed by atoms with Crippen LogP contribution in [0.1, 0.15) is 24.1 Å². The van der Waals surface area contributed by atoms with Crippen molar-refractivity contribution in [3.8, 4) is 17.5 Å². The quantitative estimate of drug-likeness (QED) is 0.709. The van der Waals surface area contributed by atoms with Gasteiger partial charge in [0.15, 0.2) is 5.82 Å². The number of aliphatic hydroxyl groups excluding tert-OH is 1. The topological polar surface area (TPSA) is 98.0 Å². The van der Waals surface area contributed by atoms with Crippen LogP contribution >= 0.6 is 0 Å². The average molecular weight is 386 g/mol. The Labute approximate surface area is 169 Å². The first-order valence-corrected chi connectivity index (χ1v) is 9.62. The number of pyridine rings is 1. The molecular formula is C22H22N6O. The molecule has 1 saturated heterocycles. The lowest BCUT2D eigenvalue weighted by molar-refractivity contribution is 0.145.